The maximum atomic E-state index is 8.17. The van der Waals surface area contributed by atoms with Crippen molar-refractivity contribution in [2.75, 3.05) is 106 Å². The fraction of sp³-hybridized carbons (Fsp3) is 1.00. The van der Waals surface area contributed by atoms with Gasteiger partial charge in [-0.25, -0.2) is 0 Å². The smallest absolute Gasteiger partial charge is 0.100 e. The molecule has 0 aromatic heterocycles. The summed E-state index contributed by atoms with van der Waals surface area (Å²) in [6, 6.07) is 0. The molecular formula is C24H64Ca3O24. The SMILES string of the molecule is OCC(O)CO.OCC(O)CO.OCC(O)CO.OCC(O)CO.OCC(O)CO.OCC(O)CO.OCC(O)CO.OCC(O)CO.[Ca].[Ca].[Ca]. The average molecular weight is 857 g/mol. The number of rotatable bonds is 16. The zero-order valence-corrected chi connectivity index (χ0v) is 35.4. The van der Waals surface area contributed by atoms with Gasteiger partial charge in [-0.05, 0) is 0 Å². The Labute approximate surface area is 386 Å². The molecule has 0 aliphatic rings. The van der Waals surface area contributed by atoms with Gasteiger partial charge in [-0.2, -0.15) is 0 Å². The summed E-state index contributed by atoms with van der Waals surface area (Å²) in [4.78, 5) is 0. The van der Waals surface area contributed by atoms with Crippen LogP contribution in [0.2, 0.25) is 0 Å². The maximum absolute atomic E-state index is 8.17. The molecule has 310 valence electrons. The molecule has 0 spiro atoms. The van der Waals surface area contributed by atoms with Crippen LogP contribution in [0, 0.1) is 0 Å². The predicted molar refractivity (Wildman–Crippen MR) is 179 cm³/mol. The Kier molecular flexibility index (Phi) is 124. The van der Waals surface area contributed by atoms with Crippen LogP contribution in [-0.2, 0) is 0 Å². The van der Waals surface area contributed by atoms with E-state index >= 15 is 0 Å². The van der Waals surface area contributed by atoms with Gasteiger partial charge in [0.05, 0.1) is 106 Å². The van der Waals surface area contributed by atoms with Crippen molar-refractivity contribution in [2.45, 2.75) is 48.8 Å². The molecule has 0 aliphatic carbocycles. The quantitative estimate of drug-likeness (QED) is 0.0641. The molecule has 0 fully saturated rings. The Morgan fingerprint density at radius 1 is 0.157 bits per heavy atom. The molecule has 0 saturated carbocycles. The number of hydrogen-bond donors (Lipinski definition) is 24. The minimum Gasteiger partial charge on any atom is -0.394 e. The van der Waals surface area contributed by atoms with E-state index < -0.39 is 48.8 Å². The standard InChI is InChI=1S/8C3H8O3.3Ca/c8*4-1-3(6)2-5;;;/h8*3-6H,1-2H2;;;. The zero-order valence-electron chi connectivity index (χ0n) is 28.8. The van der Waals surface area contributed by atoms with Gasteiger partial charge in [0.2, 0.25) is 0 Å². The van der Waals surface area contributed by atoms with Gasteiger partial charge < -0.3 is 123 Å². The number of hydrogen-bond acceptors (Lipinski definition) is 24. The van der Waals surface area contributed by atoms with E-state index in [1.807, 2.05) is 0 Å². The van der Waals surface area contributed by atoms with Gasteiger partial charge in [0.25, 0.3) is 0 Å². The Morgan fingerprint density at radius 2 is 0.196 bits per heavy atom. The van der Waals surface area contributed by atoms with Gasteiger partial charge >= 0.3 is 0 Å². The first-order valence-electron chi connectivity index (χ1n) is 13.7. The van der Waals surface area contributed by atoms with Gasteiger partial charge in [0, 0.05) is 113 Å². The van der Waals surface area contributed by atoms with E-state index in [1.165, 1.54) is 0 Å². The first-order chi connectivity index (χ1) is 22.5. The van der Waals surface area contributed by atoms with Gasteiger partial charge in [-0.15, -0.1) is 0 Å². The molecule has 0 aromatic rings. The minimum atomic E-state index is -0.954. The van der Waals surface area contributed by atoms with Gasteiger partial charge in [0.1, 0.15) is 48.8 Å². The molecule has 0 saturated heterocycles. The Morgan fingerprint density at radius 3 is 0.196 bits per heavy atom. The molecule has 6 radical (unpaired) electrons. The Hall–Kier alpha value is 2.82. The van der Waals surface area contributed by atoms with E-state index in [0.717, 1.165) is 0 Å². The summed E-state index contributed by atoms with van der Waals surface area (Å²) < 4.78 is 0. The summed E-state index contributed by atoms with van der Waals surface area (Å²) in [5.74, 6) is 0. The molecule has 24 nitrogen and oxygen atoms in total. The topological polar surface area (TPSA) is 486 Å². The van der Waals surface area contributed by atoms with Crippen molar-refractivity contribution in [3.8, 4) is 0 Å². The predicted octanol–water partition coefficient (Wildman–Crippen LogP) is -14.5. The van der Waals surface area contributed by atoms with Crippen molar-refractivity contribution >= 4 is 113 Å². The van der Waals surface area contributed by atoms with Crippen LogP contribution in [0.4, 0.5) is 0 Å². The third kappa shape index (κ3) is 113. The molecule has 0 aliphatic heterocycles. The summed E-state index contributed by atoms with van der Waals surface area (Å²) in [6.45, 7) is -5.83. The van der Waals surface area contributed by atoms with Gasteiger partial charge in [-0.3, -0.25) is 0 Å². The summed E-state index contributed by atoms with van der Waals surface area (Å²) >= 11 is 0. The van der Waals surface area contributed by atoms with Crippen molar-refractivity contribution in [1.29, 1.82) is 0 Å². The van der Waals surface area contributed by atoms with Crippen molar-refractivity contribution in [2.24, 2.45) is 0 Å². The molecule has 0 bridgehead atoms. The molecule has 51 heavy (non-hydrogen) atoms. The van der Waals surface area contributed by atoms with Crippen molar-refractivity contribution in [3.05, 3.63) is 0 Å². The Balaban J connectivity index is -0.0000000395. The fourth-order valence-electron chi connectivity index (χ4n) is 0.462. The second-order valence-electron chi connectivity index (χ2n) is 8.15. The summed E-state index contributed by atoms with van der Waals surface area (Å²) in [6.07, 6.45) is -7.63. The average Bonchev–Trinajstić information content (AvgIpc) is 3.16. The second-order valence-corrected chi connectivity index (χ2v) is 8.15. The number of aliphatic hydroxyl groups excluding tert-OH is 24. The molecule has 0 rings (SSSR count). The molecule has 27 heteroatoms. The minimum absolute atomic E-state index is 0. The first-order valence-corrected chi connectivity index (χ1v) is 13.7. The van der Waals surface area contributed by atoms with E-state index in [0.29, 0.717) is 0 Å². The molecule has 24 N–H and O–H groups in total. The van der Waals surface area contributed by atoms with E-state index in [2.05, 4.69) is 0 Å². The maximum Gasteiger partial charge on any atom is 0.100 e. The van der Waals surface area contributed by atoms with Gasteiger partial charge in [-0.1, -0.05) is 0 Å². The normalized spacial score (nSPS) is 9.41. The van der Waals surface area contributed by atoms with Crippen LogP contribution in [0.3, 0.4) is 0 Å². The molecule has 0 amide bonds. The fourth-order valence-corrected chi connectivity index (χ4v) is 0.462. The third-order valence-electron chi connectivity index (χ3n) is 3.37. The monoisotopic (exact) mass is 856 g/mol. The van der Waals surface area contributed by atoms with Crippen molar-refractivity contribution in [1.82, 2.24) is 0 Å². The molecular weight excluding hydrogens is 792 g/mol. The van der Waals surface area contributed by atoms with E-state index in [4.69, 9.17) is 123 Å². The molecule has 0 atom stereocenters. The van der Waals surface area contributed by atoms with E-state index in [-0.39, 0.29) is 219 Å². The van der Waals surface area contributed by atoms with Crippen molar-refractivity contribution in [3.63, 3.8) is 0 Å². The molecule has 0 heterocycles. The van der Waals surface area contributed by atoms with Crippen molar-refractivity contribution < 1.29 is 123 Å². The van der Waals surface area contributed by atoms with E-state index in [1.54, 1.807) is 0 Å². The molecule has 0 unspecified atom stereocenters. The third-order valence-corrected chi connectivity index (χ3v) is 3.37. The van der Waals surface area contributed by atoms with Crippen LogP contribution in [-0.4, -0.2) is 390 Å². The van der Waals surface area contributed by atoms with Crippen LogP contribution in [0.5, 0.6) is 0 Å². The summed E-state index contributed by atoms with van der Waals surface area (Å²) in [5.41, 5.74) is 0. The second kappa shape index (κ2) is 77.4. The number of aliphatic hydroxyl groups is 24. The Bertz CT molecular complexity index is 338. The van der Waals surface area contributed by atoms with Crippen LogP contribution in [0.15, 0.2) is 0 Å². The largest absolute Gasteiger partial charge is 0.394 e. The van der Waals surface area contributed by atoms with Crippen LogP contribution in [0.25, 0.3) is 0 Å². The summed E-state index contributed by atoms with van der Waals surface area (Å²) in [5, 5.41) is 192. The van der Waals surface area contributed by atoms with Crippen LogP contribution < -0.4 is 0 Å². The van der Waals surface area contributed by atoms with Gasteiger partial charge in [0.15, 0.2) is 0 Å². The first kappa shape index (κ1) is 81.9. The van der Waals surface area contributed by atoms with E-state index in [9.17, 15) is 0 Å². The van der Waals surface area contributed by atoms with Crippen LogP contribution in [0.1, 0.15) is 0 Å². The van der Waals surface area contributed by atoms with Crippen LogP contribution >= 0.6 is 0 Å². The summed E-state index contributed by atoms with van der Waals surface area (Å²) in [7, 11) is 0. The zero-order chi connectivity index (χ0) is 39.9. The molecule has 0 aromatic carbocycles.